The van der Waals surface area contributed by atoms with E-state index in [0.717, 1.165) is 27.9 Å². The van der Waals surface area contributed by atoms with Gasteiger partial charge in [-0.05, 0) is 49.4 Å². The van der Waals surface area contributed by atoms with Crippen molar-refractivity contribution in [2.45, 2.75) is 39.8 Å². The summed E-state index contributed by atoms with van der Waals surface area (Å²) in [7, 11) is 1.39. The molecule has 1 heterocycles. The largest absolute Gasteiger partial charge is 0.468 e. The summed E-state index contributed by atoms with van der Waals surface area (Å²) in [5, 5.41) is 3.02. The fraction of sp³-hybridized carbons (Fsp3) is 0.364. The molecule has 5 nitrogen and oxygen atoms in total. The monoisotopic (exact) mass is 366 g/mol. The number of hydrogen-bond acceptors (Lipinski definition) is 4. The van der Waals surface area contributed by atoms with Crippen molar-refractivity contribution < 1.29 is 14.3 Å². The summed E-state index contributed by atoms with van der Waals surface area (Å²) in [5.41, 5.74) is 6.37. The predicted octanol–water partition coefficient (Wildman–Crippen LogP) is 3.15. The maximum Gasteiger partial charge on any atom is 0.323 e. The van der Waals surface area contributed by atoms with Gasteiger partial charge in [0.05, 0.1) is 13.7 Å². The number of aryl methyl sites for hydroxylation is 3. The predicted molar refractivity (Wildman–Crippen MR) is 106 cm³/mol. The Kier molecular flexibility index (Phi) is 5.61. The van der Waals surface area contributed by atoms with E-state index in [1.165, 1.54) is 12.7 Å². The Morgan fingerprint density at radius 3 is 2.37 bits per heavy atom. The van der Waals surface area contributed by atoms with E-state index in [1.807, 2.05) is 49.9 Å². The van der Waals surface area contributed by atoms with E-state index in [2.05, 4.69) is 17.4 Å². The molecule has 0 aliphatic carbocycles. The Hall–Kier alpha value is -2.66. The number of methoxy groups -OCH3 is 1. The van der Waals surface area contributed by atoms with Crippen LogP contribution >= 0.6 is 0 Å². The van der Waals surface area contributed by atoms with Crippen molar-refractivity contribution in [3.63, 3.8) is 0 Å². The number of anilines is 1. The first-order chi connectivity index (χ1) is 12.9. The van der Waals surface area contributed by atoms with Gasteiger partial charge >= 0.3 is 5.97 Å². The molecule has 0 saturated carbocycles. The Morgan fingerprint density at radius 1 is 1.11 bits per heavy atom. The third-order valence-electron chi connectivity index (χ3n) is 5.11. The minimum atomic E-state index is -0.448. The van der Waals surface area contributed by atoms with Gasteiger partial charge in [-0.1, -0.05) is 42.0 Å². The molecule has 1 atom stereocenters. The number of benzene rings is 2. The van der Waals surface area contributed by atoms with Crippen molar-refractivity contribution in [3.05, 3.63) is 64.2 Å². The molecule has 0 unspecified atom stereocenters. The Balaban J connectivity index is 1.78. The molecule has 0 bridgehead atoms. The maximum absolute atomic E-state index is 12.7. The van der Waals surface area contributed by atoms with Gasteiger partial charge < -0.3 is 10.1 Å². The van der Waals surface area contributed by atoms with E-state index in [0.29, 0.717) is 13.0 Å². The first kappa shape index (κ1) is 19.1. The molecule has 0 aromatic heterocycles. The summed E-state index contributed by atoms with van der Waals surface area (Å²) in [6, 6.07) is 11.7. The molecule has 0 fully saturated rings. The molecule has 1 amide bonds. The minimum absolute atomic E-state index is 0.127. The lowest BCUT2D eigenvalue weighted by molar-refractivity contribution is -0.148. The highest BCUT2D eigenvalue weighted by atomic mass is 16.5. The summed E-state index contributed by atoms with van der Waals surface area (Å²) in [6.07, 6.45) is 0.554. The van der Waals surface area contributed by atoms with Crippen LogP contribution in [-0.2, 0) is 27.3 Å². The van der Waals surface area contributed by atoms with Gasteiger partial charge in [0.1, 0.15) is 6.04 Å². The molecule has 0 radical (unpaired) electrons. The van der Waals surface area contributed by atoms with Gasteiger partial charge in [-0.15, -0.1) is 0 Å². The lowest BCUT2D eigenvalue weighted by Crippen LogP contribution is -2.49. The SMILES string of the molecule is COC(=O)[C@H]1Cc2ccccc2CN1CC(=O)Nc1c(C)cc(C)cc1C. The second-order valence-electron chi connectivity index (χ2n) is 7.24. The second-order valence-corrected chi connectivity index (χ2v) is 7.24. The van der Waals surface area contributed by atoms with Crippen LogP contribution in [0.3, 0.4) is 0 Å². The summed E-state index contributed by atoms with van der Waals surface area (Å²) in [6.45, 7) is 6.71. The van der Waals surface area contributed by atoms with E-state index in [9.17, 15) is 9.59 Å². The molecule has 2 aromatic rings. The number of hydrogen-bond donors (Lipinski definition) is 1. The highest BCUT2D eigenvalue weighted by Gasteiger charge is 2.33. The highest BCUT2D eigenvalue weighted by Crippen LogP contribution is 2.25. The van der Waals surface area contributed by atoms with Gasteiger partial charge in [-0.2, -0.15) is 0 Å². The molecular formula is C22H26N2O3. The molecule has 5 heteroatoms. The van der Waals surface area contributed by atoms with Gasteiger partial charge in [-0.3, -0.25) is 14.5 Å². The van der Waals surface area contributed by atoms with Crippen molar-refractivity contribution in [3.8, 4) is 0 Å². The zero-order valence-electron chi connectivity index (χ0n) is 16.3. The zero-order valence-corrected chi connectivity index (χ0v) is 16.3. The van der Waals surface area contributed by atoms with Crippen molar-refractivity contribution in [2.75, 3.05) is 19.0 Å². The second kappa shape index (κ2) is 7.92. The first-order valence-corrected chi connectivity index (χ1v) is 9.15. The lowest BCUT2D eigenvalue weighted by atomic mass is 9.94. The fourth-order valence-corrected chi connectivity index (χ4v) is 3.85. The van der Waals surface area contributed by atoms with E-state index < -0.39 is 6.04 Å². The van der Waals surface area contributed by atoms with Crippen LogP contribution in [0.25, 0.3) is 0 Å². The van der Waals surface area contributed by atoms with Crippen LogP contribution in [0.15, 0.2) is 36.4 Å². The van der Waals surface area contributed by atoms with Crippen LogP contribution in [0.1, 0.15) is 27.8 Å². The van der Waals surface area contributed by atoms with E-state index in [-0.39, 0.29) is 18.4 Å². The summed E-state index contributed by atoms with van der Waals surface area (Å²) in [4.78, 5) is 26.9. The van der Waals surface area contributed by atoms with Gasteiger partial charge in [0, 0.05) is 12.2 Å². The number of carbonyl (C=O) groups excluding carboxylic acids is 2. The molecule has 142 valence electrons. The van der Waals surface area contributed by atoms with Crippen molar-refractivity contribution >= 4 is 17.6 Å². The Labute approximate surface area is 160 Å². The molecule has 1 aliphatic rings. The molecule has 0 spiro atoms. The number of fused-ring (bicyclic) bond motifs is 1. The standard InChI is InChI=1S/C22H26N2O3/c1-14-9-15(2)21(16(3)10-14)23-20(25)13-24-12-18-8-6-5-7-17(18)11-19(24)22(26)27-4/h5-10,19H,11-13H2,1-4H3,(H,23,25)/t19-/m1/s1. The summed E-state index contributed by atoms with van der Waals surface area (Å²) < 4.78 is 4.97. The fourth-order valence-electron chi connectivity index (χ4n) is 3.85. The molecule has 1 aliphatic heterocycles. The smallest absolute Gasteiger partial charge is 0.323 e. The number of nitrogens with zero attached hydrogens (tertiary/aromatic N) is 1. The minimum Gasteiger partial charge on any atom is -0.468 e. The average Bonchev–Trinajstić information content (AvgIpc) is 2.63. The van der Waals surface area contributed by atoms with Crippen LogP contribution in [0, 0.1) is 20.8 Å². The van der Waals surface area contributed by atoms with Crippen LogP contribution < -0.4 is 5.32 Å². The first-order valence-electron chi connectivity index (χ1n) is 9.15. The topological polar surface area (TPSA) is 58.6 Å². The number of nitrogens with one attached hydrogen (secondary N) is 1. The van der Waals surface area contributed by atoms with Gasteiger partial charge in [0.15, 0.2) is 0 Å². The van der Waals surface area contributed by atoms with Crippen molar-refractivity contribution in [1.82, 2.24) is 4.90 Å². The third-order valence-corrected chi connectivity index (χ3v) is 5.11. The van der Waals surface area contributed by atoms with Crippen LogP contribution in [0.4, 0.5) is 5.69 Å². The molecular weight excluding hydrogens is 340 g/mol. The number of ether oxygens (including phenoxy) is 1. The number of carbonyl (C=O) groups is 2. The van der Waals surface area contributed by atoms with E-state index in [1.54, 1.807) is 0 Å². The average molecular weight is 366 g/mol. The van der Waals surface area contributed by atoms with Crippen molar-refractivity contribution in [1.29, 1.82) is 0 Å². The van der Waals surface area contributed by atoms with Crippen LogP contribution in [-0.4, -0.2) is 36.5 Å². The van der Waals surface area contributed by atoms with Crippen LogP contribution in [0.2, 0.25) is 0 Å². The molecule has 27 heavy (non-hydrogen) atoms. The van der Waals surface area contributed by atoms with Gasteiger partial charge in [0.2, 0.25) is 5.91 Å². The number of esters is 1. The summed E-state index contributed by atoms with van der Waals surface area (Å²) in [5.74, 6) is -0.432. The third kappa shape index (κ3) is 4.19. The Bertz CT molecular complexity index is 853. The van der Waals surface area contributed by atoms with Crippen LogP contribution in [0.5, 0.6) is 0 Å². The number of amides is 1. The van der Waals surface area contributed by atoms with E-state index >= 15 is 0 Å². The summed E-state index contributed by atoms with van der Waals surface area (Å²) >= 11 is 0. The van der Waals surface area contributed by atoms with Gasteiger partial charge in [0.25, 0.3) is 0 Å². The highest BCUT2D eigenvalue weighted by molar-refractivity contribution is 5.94. The zero-order chi connectivity index (χ0) is 19.6. The lowest BCUT2D eigenvalue weighted by Gasteiger charge is -2.34. The molecule has 3 rings (SSSR count). The maximum atomic E-state index is 12.7. The molecule has 1 N–H and O–H groups in total. The molecule has 2 aromatic carbocycles. The van der Waals surface area contributed by atoms with Gasteiger partial charge in [-0.25, -0.2) is 0 Å². The number of rotatable bonds is 4. The quantitative estimate of drug-likeness (QED) is 0.845. The van der Waals surface area contributed by atoms with Crippen molar-refractivity contribution in [2.24, 2.45) is 0 Å². The Morgan fingerprint density at radius 2 is 1.74 bits per heavy atom. The normalized spacial score (nSPS) is 16.5. The molecule has 0 saturated heterocycles. The van der Waals surface area contributed by atoms with E-state index in [4.69, 9.17) is 4.74 Å².